The van der Waals surface area contributed by atoms with Gasteiger partial charge in [0.05, 0.1) is 11.4 Å². The summed E-state index contributed by atoms with van der Waals surface area (Å²) in [7, 11) is 0. The minimum Gasteiger partial charge on any atom is -0.455 e. The Morgan fingerprint density at radius 2 is 1.86 bits per heavy atom. The molecule has 2 N–H and O–H groups in total. The number of anilines is 2. The number of hydrogen-bond donors (Lipinski definition) is 2. The van der Waals surface area contributed by atoms with Gasteiger partial charge in [0.25, 0.3) is 0 Å². The number of nitrogens with one attached hydrogen (secondary N) is 2. The molecule has 1 heterocycles. The Bertz CT molecular complexity index is 900. The Kier molecular flexibility index (Phi) is 7.27. The molecule has 0 spiro atoms. The first-order valence-corrected chi connectivity index (χ1v) is 10.7. The molecule has 28 heavy (non-hydrogen) atoms. The number of rotatable bonds is 9. The lowest BCUT2D eigenvalue weighted by atomic mass is 10.2. The number of hydrogen-bond acceptors (Lipinski definition) is 7. The van der Waals surface area contributed by atoms with E-state index in [1.54, 1.807) is 0 Å². The van der Waals surface area contributed by atoms with Crippen molar-refractivity contribution < 1.29 is 9.53 Å². The van der Waals surface area contributed by atoms with Crippen molar-refractivity contribution in [2.75, 3.05) is 22.9 Å². The van der Waals surface area contributed by atoms with Crippen molar-refractivity contribution in [2.24, 2.45) is 5.92 Å². The summed E-state index contributed by atoms with van der Waals surface area (Å²) in [6.45, 7) is 5.11. The van der Waals surface area contributed by atoms with Gasteiger partial charge in [-0.3, -0.25) is 4.79 Å². The standard InChI is InChI=1S/C20H22N4O2S2/c1-14(2)12-21-19-23-24-20(28-19)27-13-18(25)22-16-10-6-7-11-17(16)26-15-8-4-3-5-9-15/h3-11,14H,12-13H2,1-2H3,(H,21,23)(H,22,25). The second-order valence-electron chi connectivity index (χ2n) is 6.40. The summed E-state index contributed by atoms with van der Waals surface area (Å²) in [4.78, 5) is 12.4. The molecule has 3 rings (SSSR count). The second kappa shape index (κ2) is 10.1. The predicted octanol–water partition coefficient (Wildman–Crippen LogP) is 5.13. The molecule has 0 atom stereocenters. The van der Waals surface area contributed by atoms with E-state index < -0.39 is 0 Å². The Morgan fingerprint density at radius 3 is 2.64 bits per heavy atom. The summed E-state index contributed by atoms with van der Waals surface area (Å²) in [5.41, 5.74) is 0.633. The van der Waals surface area contributed by atoms with Crippen LogP contribution in [0.2, 0.25) is 0 Å². The molecule has 1 aromatic heterocycles. The Morgan fingerprint density at radius 1 is 1.11 bits per heavy atom. The quantitative estimate of drug-likeness (QED) is 0.473. The third kappa shape index (κ3) is 6.24. The molecule has 6 nitrogen and oxygen atoms in total. The number of para-hydroxylation sites is 3. The van der Waals surface area contributed by atoms with Gasteiger partial charge < -0.3 is 15.4 Å². The molecule has 0 aliphatic heterocycles. The zero-order valence-corrected chi connectivity index (χ0v) is 17.3. The molecule has 0 saturated heterocycles. The second-order valence-corrected chi connectivity index (χ2v) is 8.60. The van der Waals surface area contributed by atoms with Crippen LogP contribution in [-0.2, 0) is 4.79 Å². The maximum absolute atomic E-state index is 12.4. The normalized spacial score (nSPS) is 10.7. The fraction of sp³-hybridized carbons (Fsp3) is 0.250. The molecule has 0 unspecified atom stereocenters. The summed E-state index contributed by atoms with van der Waals surface area (Å²) >= 11 is 2.82. The van der Waals surface area contributed by atoms with E-state index in [2.05, 4.69) is 34.7 Å². The third-order valence-electron chi connectivity index (χ3n) is 3.53. The lowest BCUT2D eigenvalue weighted by Gasteiger charge is -2.11. The summed E-state index contributed by atoms with van der Waals surface area (Å²) in [6, 6.07) is 16.8. The van der Waals surface area contributed by atoms with Crippen LogP contribution in [0.5, 0.6) is 11.5 Å². The van der Waals surface area contributed by atoms with Crippen LogP contribution in [0.15, 0.2) is 58.9 Å². The number of ether oxygens (including phenoxy) is 1. The minimum absolute atomic E-state index is 0.124. The molecule has 0 saturated carbocycles. The van der Waals surface area contributed by atoms with E-state index >= 15 is 0 Å². The Balaban J connectivity index is 1.54. The number of benzene rings is 2. The monoisotopic (exact) mass is 414 g/mol. The first-order valence-electron chi connectivity index (χ1n) is 8.92. The largest absolute Gasteiger partial charge is 0.455 e. The lowest BCUT2D eigenvalue weighted by Crippen LogP contribution is -2.14. The molecule has 2 aromatic carbocycles. The van der Waals surface area contributed by atoms with Crippen LogP contribution in [0.4, 0.5) is 10.8 Å². The van der Waals surface area contributed by atoms with Crippen molar-refractivity contribution in [3.8, 4) is 11.5 Å². The molecule has 1 amide bonds. The SMILES string of the molecule is CC(C)CNc1nnc(SCC(=O)Nc2ccccc2Oc2ccccc2)s1. The van der Waals surface area contributed by atoms with Gasteiger partial charge in [0.1, 0.15) is 5.75 Å². The molecule has 8 heteroatoms. The first-order chi connectivity index (χ1) is 13.6. The summed E-state index contributed by atoms with van der Waals surface area (Å²) in [5, 5.41) is 15.1. The van der Waals surface area contributed by atoms with Crippen molar-refractivity contribution in [1.29, 1.82) is 0 Å². The Hall–Kier alpha value is -2.58. The van der Waals surface area contributed by atoms with Crippen LogP contribution < -0.4 is 15.4 Å². The van der Waals surface area contributed by atoms with E-state index in [9.17, 15) is 4.79 Å². The fourth-order valence-electron chi connectivity index (χ4n) is 2.22. The zero-order valence-electron chi connectivity index (χ0n) is 15.7. The van der Waals surface area contributed by atoms with Crippen LogP contribution in [0, 0.1) is 5.92 Å². The van der Waals surface area contributed by atoms with Crippen molar-refractivity contribution in [1.82, 2.24) is 10.2 Å². The number of carbonyl (C=O) groups excluding carboxylic acids is 1. The van der Waals surface area contributed by atoms with Gasteiger partial charge in [-0.05, 0) is 30.2 Å². The molecule has 0 aliphatic rings. The van der Waals surface area contributed by atoms with Crippen molar-refractivity contribution in [3.63, 3.8) is 0 Å². The lowest BCUT2D eigenvalue weighted by molar-refractivity contribution is -0.113. The average Bonchev–Trinajstić information content (AvgIpc) is 3.15. The molecule has 0 bridgehead atoms. The topological polar surface area (TPSA) is 76.1 Å². The van der Waals surface area contributed by atoms with Crippen molar-refractivity contribution >= 4 is 39.8 Å². The van der Waals surface area contributed by atoms with Gasteiger partial charge in [-0.2, -0.15) is 0 Å². The van der Waals surface area contributed by atoms with E-state index in [1.807, 2.05) is 54.6 Å². The smallest absolute Gasteiger partial charge is 0.234 e. The van der Waals surface area contributed by atoms with Gasteiger partial charge in [0, 0.05) is 6.54 Å². The number of carbonyl (C=O) groups is 1. The number of thioether (sulfide) groups is 1. The maximum atomic E-state index is 12.4. The molecule has 146 valence electrons. The molecule has 0 aliphatic carbocycles. The highest BCUT2D eigenvalue weighted by atomic mass is 32.2. The van der Waals surface area contributed by atoms with E-state index in [0.29, 0.717) is 23.1 Å². The molecular weight excluding hydrogens is 392 g/mol. The number of amides is 1. The maximum Gasteiger partial charge on any atom is 0.234 e. The first kappa shape index (κ1) is 20.2. The minimum atomic E-state index is -0.124. The zero-order chi connectivity index (χ0) is 19.8. The Labute approximate surface area is 172 Å². The van der Waals surface area contributed by atoms with Crippen LogP contribution in [0.3, 0.4) is 0 Å². The molecule has 3 aromatic rings. The van der Waals surface area contributed by atoms with Gasteiger partial charge in [-0.1, -0.05) is 67.3 Å². The molecule has 0 fully saturated rings. The highest BCUT2D eigenvalue weighted by molar-refractivity contribution is 8.01. The predicted molar refractivity (Wildman–Crippen MR) is 116 cm³/mol. The van der Waals surface area contributed by atoms with E-state index in [-0.39, 0.29) is 11.7 Å². The van der Waals surface area contributed by atoms with Crippen LogP contribution in [0.25, 0.3) is 0 Å². The summed E-state index contributed by atoms with van der Waals surface area (Å²) in [5.74, 6) is 1.97. The van der Waals surface area contributed by atoms with Gasteiger partial charge in [-0.15, -0.1) is 10.2 Å². The molecular formula is C20H22N4O2S2. The van der Waals surface area contributed by atoms with Gasteiger partial charge in [-0.25, -0.2) is 0 Å². The van der Waals surface area contributed by atoms with Gasteiger partial charge >= 0.3 is 0 Å². The van der Waals surface area contributed by atoms with Crippen molar-refractivity contribution in [2.45, 2.75) is 18.2 Å². The van der Waals surface area contributed by atoms with Crippen LogP contribution in [0.1, 0.15) is 13.8 Å². The van der Waals surface area contributed by atoms with E-state index in [1.165, 1.54) is 23.1 Å². The van der Waals surface area contributed by atoms with Gasteiger partial charge in [0.2, 0.25) is 11.0 Å². The van der Waals surface area contributed by atoms with Crippen LogP contribution >= 0.6 is 23.1 Å². The highest BCUT2D eigenvalue weighted by Crippen LogP contribution is 2.30. The summed E-state index contributed by atoms with van der Waals surface area (Å²) < 4.78 is 6.63. The average molecular weight is 415 g/mol. The highest BCUT2D eigenvalue weighted by Gasteiger charge is 2.11. The third-order valence-corrected chi connectivity index (χ3v) is 5.54. The number of aromatic nitrogens is 2. The number of nitrogens with zero attached hydrogens (tertiary/aromatic N) is 2. The molecule has 0 radical (unpaired) electrons. The fourth-order valence-corrected chi connectivity index (χ4v) is 3.78. The van der Waals surface area contributed by atoms with Crippen LogP contribution in [-0.4, -0.2) is 28.4 Å². The van der Waals surface area contributed by atoms with E-state index in [4.69, 9.17) is 4.74 Å². The summed E-state index contributed by atoms with van der Waals surface area (Å²) in [6.07, 6.45) is 0. The van der Waals surface area contributed by atoms with Crippen molar-refractivity contribution in [3.05, 3.63) is 54.6 Å². The van der Waals surface area contributed by atoms with Gasteiger partial charge in [0.15, 0.2) is 10.1 Å². The van der Waals surface area contributed by atoms with E-state index in [0.717, 1.165) is 16.0 Å².